The Hall–Kier alpha value is -3.08. The highest BCUT2D eigenvalue weighted by atomic mass is 32.2. The summed E-state index contributed by atoms with van der Waals surface area (Å²) in [5.41, 5.74) is 2.51. The summed E-state index contributed by atoms with van der Waals surface area (Å²) in [6, 6.07) is 10.8. The molecule has 0 bridgehead atoms. The lowest BCUT2D eigenvalue weighted by Crippen LogP contribution is -2.51. The van der Waals surface area contributed by atoms with Crippen LogP contribution in [0.15, 0.2) is 47.5 Å². The van der Waals surface area contributed by atoms with E-state index in [0.29, 0.717) is 22.6 Å². The van der Waals surface area contributed by atoms with Crippen LogP contribution in [0.25, 0.3) is 10.9 Å². The van der Waals surface area contributed by atoms with Crippen LogP contribution >= 0.6 is 0 Å². The molecule has 0 saturated carbocycles. The molecule has 216 valence electrons. The van der Waals surface area contributed by atoms with Crippen molar-refractivity contribution in [3.05, 3.63) is 53.7 Å². The third-order valence-corrected chi connectivity index (χ3v) is 10.0. The summed E-state index contributed by atoms with van der Waals surface area (Å²) in [6.07, 6.45) is 4.41. The topological polar surface area (TPSA) is 87.1 Å². The van der Waals surface area contributed by atoms with Gasteiger partial charge in [0.05, 0.1) is 23.2 Å². The molecule has 0 atom stereocenters. The molecule has 9 nitrogen and oxygen atoms in total. The highest BCUT2D eigenvalue weighted by Crippen LogP contribution is 2.29. The van der Waals surface area contributed by atoms with E-state index in [2.05, 4.69) is 21.6 Å². The lowest BCUT2D eigenvalue weighted by molar-refractivity contribution is -0.133. The number of likely N-dealkylation sites (tertiary alicyclic amines) is 1. The summed E-state index contributed by atoms with van der Waals surface area (Å²) in [6.45, 7) is 10.6. The fraction of sp³-hybridized carbons (Fsp3) is 0.500. The first-order valence-corrected chi connectivity index (χ1v) is 15.6. The maximum atomic E-state index is 13.3. The van der Waals surface area contributed by atoms with Gasteiger partial charge in [-0.05, 0) is 99.6 Å². The van der Waals surface area contributed by atoms with E-state index >= 15 is 0 Å². The largest absolute Gasteiger partial charge is 0.497 e. The molecule has 0 radical (unpaired) electrons. The van der Waals surface area contributed by atoms with Crippen LogP contribution in [-0.2, 0) is 21.4 Å². The van der Waals surface area contributed by atoms with Gasteiger partial charge in [-0.2, -0.15) is 0 Å². The van der Waals surface area contributed by atoms with Crippen LogP contribution in [0.3, 0.4) is 0 Å². The number of nitrogens with one attached hydrogen (secondary N) is 1. The molecule has 10 heteroatoms. The molecule has 0 aliphatic carbocycles. The number of anilines is 1. The van der Waals surface area contributed by atoms with E-state index in [1.165, 1.54) is 25.9 Å². The lowest BCUT2D eigenvalue weighted by atomic mass is 9.96. The van der Waals surface area contributed by atoms with Gasteiger partial charge in [0.2, 0.25) is 5.91 Å². The SMILES string of the molecule is COc1cc(C)c(S(=O)(=O)Nc2ccc3ccn(CC(=O)N4CCN(CC5CCN(C)CC5)CC4)c3c2)c(C)c1. The van der Waals surface area contributed by atoms with E-state index in [9.17, 15) is 13.2 Å². The van der Waals surface area contributed by atoms with Gasteiger partial charge in [-0.1, -0.05) is 6.07 Å². The second-order valence-corrected chi connectivity index (χ2v) is 13.0. The van der Waals surface area contributed by atoms with E-state index in [1.807, 2.05) is 27.8 Å². The van der Waals surface area contributed by atoms with Crippen molar-refractivity contribution in [3.8, 4) is 5.75 Å². The minimum absolute atomic E-state index is 0.0897. The zero-order valence-corrected chi connectivity index (χ0v) is 24.8. The molecule has 2 saturated heterocycles. The Kier molecular flexibility index (Phi) is 8.39. The second-order valence-electron chi connectivity index (χ2n) is 11.3. The molecule has 5 rings (SSSR count). The van der Waals surface area contributed by atoms with Crippen LogP contribution in [0.5, 0.6) is 5.75 Å². The van der Waals surface area contributed by atoms with Crippen molar-refractivity contribution >= 4 is 32.5 Å². The van der Waals surface area contributed by atoms with Crippen molar-refractivity contribution < 1.29 is 17.9 Å². The zero-order chi connectivity index (χ0) is 28.4. The van der Waals surface area contributed by atoms with Crippen molar-refractivity contribution in [1.29, 1.82) is 0 Å². The van der Waals surface area contributed by atoms with Crippen molar-refractivity contribution in [3.63, 3.8) is 0 Å². The number of aromatic nitrogens is 1. The minimum atomic E-state index is -3.82. The van der Waals surface area contributed by atoms with E-state index in [4.69, 9.17) is 4.74 Å². The molecular weight excluding hydrogens is 526 g/mol. The predicted molar refractivity (Wildman–Crippen MR) is 158 cm³/mol. The predicted octanol–water partition coefficient (Wildman–Crippen LogP) is 3.55. The summed E-state index contributed by atoms with van der Waals surface area (Å²) in [4.78, 5) is 20.3. The van der Waals surface area contributed by atoms with Crippen molar-refractivity contribution in [2.24, 2.45) is 5.92 Å². The number of piperidine rings is 1. The smallest absolute Gasteiger partial charge is 0.262 e. The van der Waals surface area contributed by atoms with Crippen LogP contribution < -0.4 is 9.46 Å². The molecule has 1 N–H and O–H groups in total. The lowest BCUT2D eigenvalue weighted by Gasteiger charge is -2.38. The van der Waals surface area contributed by atoms with Crippen molar-refractivity contribution in [2.75, 3.05) is 64.7 Å². The molecule has 0 spiro atoms. The van der Waals surface area contributed by atoms with Crippen LogP contribution in [-0.4, -0.2) is 93.6 Å². The Labute approximate surface area is 237 Å². The highest BCUT2D eigenvalue weighted by molar-refractivity contribution is 7.92. The van der Waals surface area contributed by atoms with Gasteiger partial charge in [-0.25, -0.2) is 8.42 Å². The number of methoxy groups -OCH3 is 1. The first-order valence-electron chi connectivity index (χ1n) is 14.1. The summed E-state index contributed by atoms with van der Waals surface area (Å²) in [5, 5.41) is 0.954. The fourth-order valence-electron chi connectivity index (χ4n) is 6.08. The number of fused-ring (bicyclic) bond motifs is 1. The fourth-order valence-corrected chi connectivity index (χ4v) is 7.58. The van der Waals surface area contributed by atoms with Crippen LogP contribution in [0.2, 0.25) is 0 Å². The van der Waals surface area contributed by atoms with Gasteiger partial charge in [0.15, 0.2) is 0 Å². The number of benzene rings is 2. The van der Waals surface area contributed by atoms with E-state index in [1.54, 1.807) is 45.2 Å². The number of hydrogen-bond acceptors (Lipinski definition) is 6. The summed E-state index contributed by atoms with van der Waals surface area (Å²) >= 11 is 0. The summed E-state index contributed by atoms with van der Waals surface area (Å²) < 4.78 is 36.6. The number of rotatable bonds is 8. The number of ether oxygens (including phenoxy) is 1. The van der Waals surface area contributed by atoms with Gasteiger partial charge in [-0.15, -0.1) is 0 Å². The quantitative estimate of drug-likeness (QED) is 0.448. The van der Waals surface area contributed by atoms with Crippen molar-refractivity contribution in [1.82, 2.24) is 19.3 Å². The monoisotopic (exact) mass is 567 g/mol. The van der Waals surface area contributed by atoms with Crippen LogP contribution in [0.4, 0.5) is 5.69 Å². The number of carbonyl (C=O) groups excluding carboxylic acids is 1. The maximum absolute atomic E-state index is 13.3. The van der Waals surface area contributed by atoms with Crippen LogP contribution in [0.1, 0.15) is 24.0 Å². The number of amides is 1. The Bertz CT molecular complexity index is 1450. The maximum Gasteiger partial charge on any atom is 0.262 e. The Morgan fingerprint density at radius 2 is 1.65 bits per heavy atom. The van der Waals surface area contributed by atoms with E-state index in [-0.39, 0.29) is 17.3 Å². The van der Waals surface area contributed by atoms with E-state index < -0.39 is 10.0 Å². The number of aryl methyl sites for hydroxylation is 2. The molecule has 0 unspecified atom stereocenters. The molecule has 1 amide bonds. The van der Waals surface area contributed by atoms with E-state index in [0.717, 1.165) is 49.5 Å². The first-order chi connectivity index (χ1) is 19.1. The van der Waals surface area contributed by atoms with Gasteiger partial charge in [0.1, 0.15) is 12.3 Å². The average molecular weight is 568 g/mol. The molecule has 2 fully saturated rings. The average Bonchev–Trinajstić information content (AvgIpc) is 3.31. The molecule has 2 aliphatic rings. The first kappa shape index (κ1) is 28.4. The number of nitrogens with zero attached hydrogens (tertiary/aromatic N) is 4. The third kappa shape index (κ3) is 6.29. The third-order valence-electron chi connectivity index (χ3n) is 8.35. The van der Waals surface area contributed by atoms with Gasteiger partial charge < -0.3 is 19.1 Å². The van der Waals surface area contributed by atoms with Gasteiger partial charge >= 0.3 is 0 Å². The van der Waals surface area contributed by atoms with Crippen molar-refractivity contribution in [2.45, 2.75) is 38.1 Å². The molecule has 40 heavy (non-hydrogen) atoms. The molecule has 3 heterocycles. The second kappa shape index (κ2) is 11.8. The number of hydrogen-bond donors (Lipinski definition) is 1. The zero-order valence-electron chi connectivity index (χ0n) is 24.0. The molecule has 2 aromatic carbocycles. The highest BCUT2D eigenvalue weighted by Gasteiger charge is 2.25. The Balaban J connectivity index is 1.23. The summed E-state index contributed by atoms with van der Waals surface area (Å²) in [7, 11) is -0.0654. The molecule has 3 aromatic rings. The number of sulfonamides is 1. The molecule has 1 aromatic heterocycles. The van der Waals surface area contributed by atoms with Gasteiger partial charge in [0, 0.05) is 38.9 Å². The standard InChI is InChI=1S/C30H41N5O4S/c1-22-17-27(39-4)18-23(2)30(22)40(37,38)31-26-6-5-25-9-12-35(28(25)19-26)21-29(36)34-15-13-33(14-16-34)20-24-7-10-32(3)11-8-24/h5-6,9,12,17-19,24,31H,7-8,10-11,13-16,20-21H2,1-4H3. The summed E-state index contributed by atoms with van der Waals surface area (Å²) in [5.74, 6) is 1.47. The van der Waals surface area contributed by atoms with Gasteiger partial charge in [0.25, 0.3) is 10.0 Å². The Morgan fingerprint density at radius 3 is 2.30 bits per heavy atom. The minimum Gasteiger partial charge on any atom is -0.497 e. The number of piperazine rings is 1. The number of carbonyl (C=O) groups is 1. The molecule has 2 aliphatic heterocycles. The Morgan fingerprint density at radius 1 is 0.975 bits per heavy atom. The normalized spacial score (nSPS) is 17.9. The van der Waals surface area contributed by atoms with Gasteiger partial charge in [-0.3, -0.25) is 14.4 Å². The molecular formula is C30H41N5O4S. The van der Waals surface area contributed by atoms with Crippen LogP contribution in [0, 0.1) is 19.8 Å².